The number of rotatable bonds is 7. The lowest BCUT2D eigenvalue weighted by atomic mass is 10.1. The second-order valence-electron chi connectivity index (χ2n) is 5.31. The van der Waals surface area contributed by atoms with Gasteiger partial charge in [-0.25, -0.2) is 4.98 Å². The highest BCUT2D eigenvalue weighted by molar-refractivity contribution is 5.80. The number of hydrogen-bond donors (Lipinski definition) is 2. The van der Waals surface area contributed by atoms with Crippen LogP contribution in [0.1, 0.15) is 24.8 Å². The zero-order chi connectivity index (χ0) is 16.8. The first kappa shape index (κ1) is 16.7. The third-order valence-corrected chi connectivity index (χ3v) is 3.52. The minimum Gasteiger partial charge on any atom is -0.481 e. The summed E-state index contributed by atoms with van der Waals surface area (Å²) in [6.07, 6.45) is 2.01. The van der Waals surface area contributed by atoms with E-state index < -0.39 is 5.97 Å². The van der Waals surface area contributed by atoms with Crippen LogP contribution in [0, 0.1) is 6.92 Å². The van der Waals surface area contributed by atoms with E-state index in [-0.39, 0.29) is 30.9 Å². The van der Waals surface area contributed by atoms with Crippen molar-refractivity contribution in [3.05, 3.63) is 40.4 Å². The van der Waals surface area contributed by atoms with Gasteiger partial charge in [0.1, 0.15) is 0 Å². The lowest BCUT2D eigenvalue weighted by molar-refractivity contribution is -0.137. The average Bonchev–Trinajstić information content (AvgIpc) is 2.51. The summed E-state index contributed by atoms with van der Waals surface area (Å²) >= 11 is 0. The first-order valence-electron chi connectivity index (χ1n) is 7.42. The van der Waals surface area contributed by atoms with E-state index in [4.69, 9.17) is 5.11 Å². The zero-order valence-electron chi connectivity index (χ0n) is 12.9. The largest absolute Gasteiger partial charge is 0.481 e. The van der Waals surface area contributed by atoms with Crippen molar-refractivity contribution in [2.45, 2.75) is 32.7 Å². The van der Waals surface area contributed by atoms with Crippen molar-refractivity contribution in [3.63, 3.8) is 0 Å². The number of aryl methyl sites for hydroxylation is 2. The van der Waals surface area contributed by atoms with Gasteiger partial charge < -0.3 is 10.4 Å². The molecule has 0 spiro atoms. The summed E-state index contributed by atoms with van der Waals surface area (Å²) in [4.78, 5) is 38.7. The van der Waals surface area contributed by atoms with E-state index in [1.54, 1.807) is 12.1 Å². The highest BCUT2D eigenvalue weighted by atomic mass is 16.4. The summed E-state index contributed by atoms with van der Waals surface area (Å²) in [5, 5.41) is 11.7. The summed E-state index contributed by atoms with van der Waals surface area (Å²) in [6.45, 7) is 2.44. The standard InChI is InChI=1S/C16H19N3O4/c1-11-4-2-5-12-15(11)18-10-19(16(12)23)9-7-13(20)17-8-3-6-14(21)22/h2,4-5,10H,3,6-9H2,1H3,(H,17,20)(H,21,22). The number of amides is 1. The average molecular weight is 317 g/mol. The van der Waals surface area contributed by atoms with Crippen molar-refractivity contribution in [3.8, 4) is 0 Å². The van der Waals surface area contributed by atoms with Crippen molar-refractivity contribution in [1.29, 1.82) is 0 Å². The molecule has 2 N–H and O–H groups in total. The Balaban J connectivity index is 1.95. The monoisotopic (exact) mass is 317 g/mol. The van der Waals surface area contributed by atoms with Crippen LogP contribution in [-0.4, -0.2) is 33.1 Å². The number of fused-ring (bicyclic) bond motifs is 1. The second-order valence-corrected chi connectivity index (χ2v) is 5.31. The minimum absolute atomic E-state index is 0.0215. The van der Waals surface area contributed by atoms with Gasteiger partial charge in [-0.3, -0.25) is 19.0 Å². The fourth-order valence-corrected chi connectivity index (χ4v) is 2.27. The van der Waals surface area contributed by atoms with Gasteiger partial charge in [-0.1, -0.05) is 12.1 Å². The lowest BCUT2D eigenvalue weighted by Crippen LogP contribution is -2.28. The molecule has 0 aliphatic heterocycles. The molecular weight excluding hydrogens is 298 g/mol. The van der Waals surface area contributed by atoms with Gasteiger partial charge in [0.2, 0.25) is 5.91 Å². The molecule has 23 heavy (non-hydrogen) atoms. The second kappa shape index (κ2) is 7.53. The van der Waals surface area contributed by atoms with Crippen molar-refractivity contribution >= 4 is 22.8 Å². The molecule has 2 aromatic rings. The van der Waals surface area contributed by atoms with Crippen LogP contribution in [0.2, 0.25) is 0 Å². The van der Waals surface area contributed by atoms with E-state index in [1.165, 1.54) is 10.9 Å². The molecule has 122 valence electrons. The van der Waals surface area contributed by atoms with Gasteiger partial charge in [0.15, 0.2) is 0 Å². The fraction of sp³-hybridized carbons (Fsp3) is 0.375. The Morgan fingerprint density at radius 1 is 1.30 bits per heavy atom. The van der Waals surface area contributed by atoms with Gasteiger partial charge in [-0.05, 0) is 25.0 Å². The molecule has 0 radical (unpaired) electrons. The maximum Gasteiger partial charge on any atom is 0.303 e. The van der Waals surface area contributed by atoms with Crippen LogP contribution in [-0.2, 0) is 16.1 Å². The smallest absolute Gasteiger partial charge is 0.303 e. The van der Waals surface area contributed by atoms with Crippen molar-refractivity contribution in [2.75, 3.05) is 6.54 Å². The Hall–Kier alpha value is -2.70. The molecule has 0 aliphatic rings. The van der Waals surface area contributed by atoms with Crippen LogP contribution in [0.3, 0.4) is 0 Å². The minimum atomic E-state index is -0.886. The number of benzene rings is 1. The van der Waals surface area contributed by atoms with Crippen molar-refractivity contribution in [1.82, 2.24) is 14.9 Å². The van der Waals surface area contributed by atoms with Crippen molar-refractivity contribution < 1.29 is 14.7 Å². The van der Waals surface area contributed by atoms with Gasteiger partial charge in [-0.2, -0.15) is 0 Å². The van der Waals surface area contributed by atoms with E-state index in [2.05, 4.69) is 10.3 Å². The number of nitrogens with zero attached hydrogens (tertiary/aromatic N) is 2. The van der Waals surface area contributed by atoms with Gasteiger partial charge in [0, 0.05) is 25.9 Å². The number of aliphatic carboxylic acids is 1. The van der Waals surface area contributed by atoms with Crippen LogP contribution >= 0.6 is 0 Å². The molecule has 0 unspecified atom stereocenters. The number of hydrogen-bond acceptors (Lipinski definition) is 4. The Kier molecular flexibility index (Phi) is 5.46. The van der Waals surface area contributed by atoms with Gasteiger partial charge in [-0.15, -0.1) is 0 Å². The summed E-state index contributed by atoms with van der Waals surface area (Å²) < 4.78 is 1.42. The zero-order valence-corrected chi connectivity index (χ0v) is 12.9. The van der Waals surface area contributed by atoms with Crippen molar-refractivity contribution in [2.24, 2.45) is 0 Å². The number of nitrogens with one attached hydrogen (secondary N) is 1. The molecule has 1 heterocycles. The quantitative estimate of drug-likeness (QED) is 0.744. The maximum absolute atomic E-state index is 12.4. The number of carbonyl (C=O) groups excluding carboxylic acids is 1. The first-order chi connectivity index (χ1) is 11.0. The molecular formula is C16H19N3O4. The fourth-order valence-electron chi connectivity index (χ4n) is 2.27. The third-order valence-electron chi connectivity index (χ3n) is 3.52. The molecule has 0 fully saturated rings. The summed E-state index contributed by atoms with van der Waals surface area (Å²) in [6, 6.07) is 5.42. The Morgan fingerprint density at radius 2 is 2.09 bits per heavy atom. The number of aromatic nitrogens is 2. The van der Waals surface area contributed by atoms with Gasteiger partial charge >= 0.3 is 5.97 Å². The van der Waals surface area contributed by atoms with E-state index in [0.717, 1.165) is 5.56 Å². The highest BCUT2D eigenvalue weighted by Crippen LogP contribution is 2.11. The van der Waals surface area contributed by atoms with Crippen LogP contribution in [0.5, 0.6) is 0 Å². The molecule has 7 heteroatoms. The molecule has 0 bridgehead atoms. The molecule has 7 nitrogen and oxygen atoms in total. The third kappa shape index (κ3) is 4.38. The molecule has 0 atom stereocenters. The molecule has 1 aromatic carbocycles. The summed E-state index contributed by atoms with van der Waals surface area (Å²) in [5.41, 5.74) is 1.44. The van der Waals surface area contributed by atoms with E-state index in [0.29, 0.717) is 23.9 Å². The summed E-state index contributed by atoms with van der Waals surface area (Å²) in [7, 11) is 0. The normalized spacial score (nSPS) is 10.7. The Bertz CT molecular complexity index is 782. The van der Waals surface area contributed by atoms with Gasteiger partial charge in [0.05, 0.1) is 17.2 Å². The predicted octanol–water partition coefficient (Wildman–Crippen LogP) is 1.08. The van der Waals surface area contributed by atoms with E-state index in [1.807, 2.05) is 13.0 Å². The molecule has 2 rings (SSSR count). The number of carbonyl (C=O) groups is 2. The highest BCUT2D eigenvalue weighted by Gasteiger charge is 2.08. The SMILES string of the molecule is Cc1cccc2c(=O)n(CCC(=O)NCCCC(=O)O)cnc12. The molecule has 0 aliphatic carbocycles. The Labute approximate surface area is 133 Å². The topological polar surface area (TPSA) is 101 Å². The van der Waals surface area contributed by atoms with E-state index >= 15 is 0 Å². The number of para-hydroxylation sites is 1. The number of carboxylic acid groups (broad SMARTS) is 1. The Morgan fingerprint density at radius 3 is 2.83 bits per heavy atom. The predicted molar refractivity (Wildman–Crippen MR) is 85.2 cm³/mol. The van der Waals surface area contributed by atoms with Crippen LogP contribution in [0.25, 0.3) is 10.9 Å². The van der Waals surface area contributed by atoms with E-state index in [9.17, 15) is 14.4 Å². The molecule has 1 aromatic heterocycles. The molecule has 1 amide bonds. The van der Waals surface area contributed by atoms with Gasteiger partial charge in [0.25, 0.3) is 5.56 Å². The maximum atomic E-state index is 12.4. The number of carboxylic acids is 1. The lowest BCUT2D eigenvalue weighted by Gasteiger charge is -2.08. The van der Waals surface area contributed by atoms with Crippen LogP contribution in [0.15, 0.2) is 29.3 Å². The van der Waals surface area contributed by atoms with Crippen LogP contribution in [0.4, 0.5) is 0 Å². The summed E-state index contributed by atoms with van der Waals surface area (Å²) in [5.74, 6) is -1.10. The molecule has 0 saturated carbocycles. The first-order valence-corrected chi connectivity index (χ1v) is 7.42. The molecule has 0 saturated heterocycles. The van der Waals surface area contributed by atoms with Crippen LogP contribution < -0.4 is 10.9 Å².